The van der Waals surface area contributed by atoms with E-state index in [9.17, 15) is 24.9 Å². The number of aliphatic hydroxyl groups excluding tert-OH is 1. The highest BCUT2D eigenvalue weighted by molar-refractivity contribution is 6.05. The van der Waals surface area contributed by atoms with Crippen molar-refractivity contribution in [3.05, 3.63) is 22.8 Å². The van der Waals surface area contributed by atoms with Crippen molar-refractivity contribution in [2.75, 3.05) is 7.11 Å². The first kappa shape index (κ1) is 25.6. The Morgan fingerprint density at radius 3 is 2.22 bits per heavy atom. The van der Waals surface area contributed by atoms with Crippen molar-refractivity contribution >= 4 is 11.8 Å². The van der Waals surface area contributed by atoms with Gasteiger partial charge in [-0.25, -0.2) is 0 Å². The van der Waals surface area contributed by atoms with Crippen molar-refractivity contribution in [3.8, 4) is 11.5 Å². The second-order valence-electron chi connectivity index (χ2n) is 13.8. The molecule has 198 valence electrons. The van der Waals surface area contributed by atoms with Crippen molar-refractivity contribution in [2.24, 2.45) is 33.5 Å². The molecule has 8 atom stereocenters. The highest BCUT2D eigenvalue weighted by Gasteiger charge is 2.71. The number of ketones is 1. The highest BCUT2D eigenvalue weighted by atomic mass is 16.5. The smallest absolute Gasteiger partial charge is 0.311 e. The number of ether oxygens (including phenoxy) is 1. The van der Waals surface area contributed by atoms with Gasteiger partial charge < -0.3 is 20.1 Å². The highest BCUT2D eigenvalue weighted by Crippen LogP contribution is 2.75. The summed E-state index contributed by atoms with van der Waals surface area (Å²) in [7, 11) is 1.47. The third-order valence-corrected chi connectivity index (χ3v) is 12.2. The molecule has 0 bridgehead atoms. The molecule has 3 fully saturated rings. The molecule has 0 unspecified atom stereocenters. The van der Waals surface area contributed by atoms with Crippen LogP contribution in [0.2, 0.25) is 0 Å². The summed E-state index contributed by atoms with van der Waals surface area (Å²) in [5, 5.41) is 32.6. The third kappa shape index (κ3) is 2.88. The van der Waals surface area contributed by atoms with E-state index < -0.39 is 16.9 Å². The first-order valence-corrected chi connectivity index (χ1v) is 13.5. The predicted octanol–water partition coefficient (Wildman–Crippen LogP) is 5.42. The molecule has 0 amide bonds. The zero-order valence-corrected chi connectivity index (χ0v) is 22.8. The number of aromatic hydroxyl groups is 2. The molecular formula is C30H42O6. The van der Waals surface area contributed by atoms with Gasteiger partial charge in [0.25, 0.3) is 0 Å². The maximum absolute atomic E-state index is 13.7. The van der Waals surface area contributed by atoms with E-state index in [-0.39, 0.29) is 51.3 Å². The molecule has 6 nitrogen and oxygen atoms in total. The fourth-order valence-electron chi connectivity index (χ4n) is 9.69. The summed E-state index contributed by atoms with van der Waals surface area (Å²) in [6.45, 7) is 12.8. The Bertz CT molecular complexity index is 1160. The molecule has 0 saturated heterocycles. The van der Waals surface area contributed by atoms with Gasteiger partial charge >= 0.3 is 5.97 Å². The molecule has 0 aliphatic heterocycles. The fraction of sp³-hybridized carbons (Fsp3) is 0.733. The second-order valence-corrected chi connectivity index (χ2v) is 13.8. The van der Waals surface area contributed by atoms with Gasteiger partial charge in [-0.2, -0.15) is 0 Å². The van der Waals surface area contributed by atoms with Gasteiger partial charge in [-0.3, -0.25) is 9.59 Å². The Balaban J connectivity index is 1.66. The molecule has 0 radical (unpaired) electrons. The maximum atomic E-state index is 13.7. The molecule has 1 aromatic rings. The van der Waals surface area contributed by atoms with Gasteiger partial charge in [-0.1, -0.05) is 27.7 Å². The van der Waals surface area contributed by atoms with Crippen molar-refractivity contribution < 1.29 is 29.6 Å². The Morgan fingerprint density at radius 2 is 1.58 bits per heavy atom. The number of phenols is 2. The molecule has 0 heterocycles. The number of hydrogen-bond donors (Lipinski definition) is 3. The SMILES string of the molecule is COC(=O)[C@]1(C)CC[C@]2(C)CC[C@]3(C)[C@H]4[C@H](O)C(=O)c5c(cc(O)c(O)c5C)[C@]4(C)CC[C@@]3(C)[C@@H]2C1. The van der Waals surface area contributed by atoms with E-state index in [0.717, 1.165) is 50.5 Å². The number of aliphatic hydroxyl groups is 1. The van der Waals surface area contributed by atoms with E-state index in [1.54, 1.807) is 13.0 Å². The molecule has 4 aliphatic rings. The van der Waals surface area contributed by atoms with E-state index in [4.69, 9.17) is 4.74 Å². The molecular weight excluding hydrogens is 456 g/mol. The van der Waals surface area contributed by atoms with E-state index in [2.05, 4.69) is 27.7 Å². The predicted molar refractivity (Wildman–Crippen MR) is 136 cm³/mol. The van der Waals surface area contributed by atoms with Crippen LogP contribution in [0.5, 0.6) is 11.5 Å². The summed E-state index contributed by atoms with van der Waals surface area (Å²) in [5.74, 6) is -1.09. The molecule has 3 saturated carbocycles. The zero-order chi connectivity index (χ0) is 26.6. The lowest BCUT2D eigenvalue weighted by molar-refractivity contribution is -0.224. The van der Waals surface area contributed by atoms with Gasteiger partial charge in [0.2, 0.25) is 0 Å². The van der Waals surface area contributed by atoms with E-state index >= 15 is 0 Å². The minimum Gasteiger partial charge on any atom is -0.504 e. The number of carbonyl (C=O) groups is 2. The number of hydrogen-bond acceptors (Lipinski definition) is 6. The Kier molecular flexibility index (Phi) is 5.32. The second kappa shape index (κ2) is 7.49. The normalized spacial score (nSPS) is 45.7. The molecule has 3 N–H and O–H groups in total. The average molecular weight is 499 g/mol. The van der Waals surface area contributed by atoms with Crippen LogP contribution in [0.3, 0.4) is 0 Å². The van der Waals surface area contributed by atoms with Crippen LogP contribution in [0.15, 0.2) is 6.07 Å². The van der Waals surface area contributed by atoms with Crippen molar-refractivity contribution in [1.29, 1.82) is 0 Å². The lowest BCUT2D eigenvalue weighted by Crippen LogP contribution is -2.68. The quantitative estimate of drug-likeness (QED) is 0.353. The van der Waals surface area contributed by atoms with Crippen LogP contribution in [0.1, 0.15) is 101 Å². The number of fused-ring (bicyclic) bond motifs is 7. The molecule has 0 aromatic heterocycles. The zero-order valence-electron chi connectivity index (χ0n) is 22.8. The number of benzene rings is 1. The summed E-state index contributed by atoms with van der Waals surface area (Å²) in [6.07, 6.45) is 4.89. The van der Waals surface area contributed by atoms with Crippen molar-refractivity contribution in [1.82, 2.24) is 0 Å². The van der Waals surface area contributed by atoms with Gasteiger partial charge in [0, 0.05) is 17.0 Å². The number of methoxy groups -OCH3 is 1. The Hall–Kier alpha value is -2.08. The lowest BCUT2D eigenvalue weighted by atomic mass is 9.32. The monoisotopic (exact) mass is 498 g/mol. The maximum Gasteiger partial charge on any atom is 0.311 e. The average Bonchev–Trinajstić information content (AvgIpc) is 2.83. The fourth-order valence-corrected chi connectivity index (χ4v) is 9.69. The molecule has 6 heteroatoms. The summed E-state index contributed by atoms with van der Waals surface area (Å²) >= 11 is 0. The lowest BCUT2D eigenvalue weighted by Gasteiger charge is -2.72. The van der Waals surface area contributed by atoms with Crippen molar-refractivity contribution in [3.63, 3.8) is 0 Å². The summed E-state index contributed by atoms with van der Waals surface area (Å²) < 4.78 is 5.24. The van der Waals surface area contributed by atoms with Crippen LogP contribution in [-0.2, 0) is 14.9 Å². The van der Waals surface area contributed by atoms with Gasteiger partial charge in [0.1, 0.15) is 6.10 Å². The van der Waals surface area contributed by atoms with Gasteiger partial charge in [-0.05, 0) is 98.0 Å². The molecule has 5 rings (SSSR count). The minimum absolute atomic E-state index is 0.0950. The van der Waals surface area contributed by atoms with Crippen LogP contribution in [0.25, 0.3) is 0 Å². The third-order valence-electron chi connectivity index (χ3n) is 12.2. The largest absolute Gasteiger partial charge is 0.504 e. The number of phenolic OH excluding ortho intramolecular Hbond substituents is 2. The Labute approximate surface area is 214 Å². The topological polar surface area (TPSA) is 104 Å². The molecule has 4 aliphatic carbocycles. The summed E-state index contributed by atoms with van der Waals surface area (Å²) in [4.78, 5) is 26.6. The number of esters is 1. The number of carbonyl (C=O) groups excluding carboxylic acids is 2. The number of rotatable bonds is 1. The van der Waals surface area contributed by atoms with Gasteiger partial charge in [0.05, 0.1) is 12.5 Å². The molecule has 1 aromatic carbocycles. The van der Waals surface area contributed by atoms with Crippen LogP contribution in [-0.4, -0.2) is 40.3 Å². The van der Waals surface area contributed by atoms with Gasteiger partial charge in [0.15, 0.2) is 17.3 Å². The number of Topliss-reactive ketones (excluding diaryl/α,β-unsaturated/α-hetero) is 1. The minimum atomic E-state index is -1.19. The van der Waals surface area contributed by atoms with E-state index in [0.29, 0.717) is 11.1 Å². The first-order valence-electron chi connectivity index (χ1n) is 13.5. The van der Waals surface area contributed by atoms with Gasteiger partial charge in [-0.15, -0.1) is 0 Å². The standard InChI is InChI=1S/C30H42O6/c1-16-20-17(14-18(31)21(16)32)28(4)11-13-29(5)19-15-27(3,25(35)36-7)9-8-26(19,2)10-12-30(29,6)24(28)23(34)22(20)33/h14,19,23-24,31-32,34H,8-13,15H2,1-7H3/t19-,23-,24+,26-,27-,28+,29+,30-/m1/s1. The molecule has 36 heavy (non-hydrogen) atoms. The first-order chi connectivity index (χ1) is 16.6. The van der Waals surface area contributed by atoms with Crippen LogP contribution >= 0.6 is 0 Å². The Morgan fingerprint density at radius 1 is 0.972 bits per heavy atom. The van der Waals surface area contributed by atoms with Crippen LogP contribution in [0, 0.1) is 40.4 Å². The summed E-state index contributed by atoms with van der Waals surface area (Å²) in [5.41, 5.74) is -0.0624. The molecule has 0 spiro atoms. The summed E-state index contributed by atoms with van der Waals surface area (Å²) in [6, 6.07) is 1.56. The van der Waals surface area contributed by atoms with Crippen molar-refractivity contribution in [2.45, 2.75) is 98.0 Å². The van der Waals surface area contributed by atoms with Crippen LogP contribution in [0.4, 0.5) is 0 Å². The van der Waals surface area contributed by atoms with E-state index in [1.807, 2.05) is 6.92 Å². The van der Waals surface area contributed by atoms with Crippen LogP contribution < -0.4 is 0 Å². The van der Waals surface area contributed by atoms with E-state index in [1.165, 1.54) is 7.11 Å².